The molecule has 0 bridgehead atoms. The maximum absolute atomic E-state index is 12.1. The second-order valence-corrected chi connectivity index (χ2v) is 6.86. The normalized spacial score (nSPS) is 16.0. The highest BCUT2D eigenvalue weighted by atomic mass is 16.6. The second kappa shape index (κ2) is 7.11. The van der Waals surface area contributed by atoms with Crippen LogP contribution >= 0.6 is 0 Å². The number of carbonyl (C=O) groups is 1. The molecule has 1 amide bonds. The summed E-state index contributed by atoms with van der Waals surface area (Å²) in [6, 6.07) is 8.58. The first-order valence-corrected chi connectivity index (χ1v) is 7.57. The van der Waals surface area contributed by atoms with E-state index in [-0.39, 0.29) is 12.5 Å². The number of carbonyl (C=O) groups excluding carboxylic acids is 1. The van der Waals surface area contributed by atoms with Crippen molar-refractivity contribution in [1.82, 2.24) is 5.32 Å². The lowest BCUT2D eigenvalue weighted by atomic mass is 9.80. The van der Waals surface area contributed by atoms with Crippen molar-refractivity contribution in [2.75, 3.05) is 6.54 Å². The van der Waals surface area contributed by atoms with Gasteiger partial charge in [-0.3, -0.25) is 0 Å². The molecule has 2 unspecified atom stereocenters. The molecule has 0 aromatic heterocycles. The molecule has 4 N–H and O–H groups in total. The number of hydrogen-bond acceptors (Lipinski definition) is 4. The Hall–Kier alpha value is -1.59. The van der Waals surface area contributed by atoms with Crippen LogP contribution in [0.3, 0.4) is 0 Å². The summed E-state index contributed by atoms with van der Waals surface area (Å²) in [6.45, 7) is 9.22. The zero-order valence-electron chi connectivity index (χ0n) is 14.1. The number of rotatable bonds is 5. The SMILES string of the molecule is CC(C)C(NC(=O)OC(C)(C)C)C(O)(CN)c1ccccc1. The van der Waals surface area contributed by atoms with Gasteiger partial charge in [-0.05, 0) is 32.3 Å². The molecule has 0 fully saturated rings. The average Bonchev–Trinajstić information content (AvgIpc) is 2.43. The molecular formula is C17H28N2O3. The summed E-state index contributed by atoms with van der Waals surface area (Å²) in [5, 5.41) is 13.8. The van der Waals surface area contributed by atoms with Gasteiger partial charge >= 0.3 is 6.09 Å². The van der Waals surface area contributed by atoms with E-state index in [0.717, 1.165) is 0 Å². The van der Waals surface area contributed by atoms with Crippen LogP contribution in [0.25, 0.3) is 0 Å². The molecule has 2 atom stereocenters. The monoisotopic (exact) mass is 308 g/mol. The minimum atomic E-state index is -1.35. The van der Waals surface area contributed by atoms with Crippen LogP contribution in [-0.2, 0) is 10.3 Å². The predicted molar refractivity (Wildman–Crippen MR) is 87.4 cm³/mol. The summed E-state index contributed by atoms with van der Waals surface area (Å²) in [7, 11) is 0. The van der Waals surface area contributed by atoms with E-state index in [0.29, 0.717) is 5.56 Å². The number of ether oxygens (including phenoxy) is 1. The van der Waals surface area contributed by atoms with Gasteiger partial charge in [0.2, 0.25) is 0 Å². The Morgan fingerprint density at radius 3 is 2.23 bits per heavy atom. The van der Waals surface area contributed by atoms with Crippen molar-refractivity contribution in [2.24, 2.45) is 11.7 Å². The van der Waals surface area contributed by atoms with Crippen molar-refractivity contribution >= 4 is 6.09 Å². The standard InChI is InChI=1S/C17H28N2O3/c1-12(2)14(19-15(20)22-16(3,4)5)17(21,11-18)13-9-7-6-8-10-13/h6-10,12,14,21H,11,18H2,1-5H3,(H,19,20). The fourth-order valence-corrected chi connectivity index (χ4v) is 2.42. The van der Waals surface area contributed by atoms with Crippen molar-refractivity contribution in [3.8, 4) is 0 Å². The quantitative estimate of drug-likeness (QED) is 0.779. The first-order chi connectivity index (χ1) is 10.1. The molecule has 0 aliphatic heterocycles. The number of nitrogens with two attached hydrogens (primary N) is 1. The topological polar surface area (TPSA) is 84.6 Å². The fourth-order valence-electron chi connectivity index (χ4n) is 2.42. The van der Waals surface area contributed by atoms with Gasteiger partial charge in [0.1, 0.15) is 11.2 Å². The van der Waals surface area contributed by atoms with Gasteiger partial charge in [-0.15, -0.1) is 0 Å². The largest absolute Gasteiger partial charge is 0.444 e. The molecule has 0 heterocycles. The van der Waals surface area contributed by atoms with Gasteiger partial charge in [0.05, 0.1) is 6.04 Å². The summed E-state index contributed by atoms with van der Waals surface area (Å²) in [5.41, 5.74) is 4.56. The average molecular weight is 308 g/mol. The highest BCUT2D eigenvalue weighted by Crippen LogP contribution is 2.28. The zero-order chi connectivity index (χ0) is 17.0. The molecule has 22 heavy (non-hydrogen) atoms. The minimum Gasteiger partial charge on any atom is -0.444 e. The highest BCUT2D eigenvalue weighted by Gasteiger charge is 2.40. The Morgan fingerprint density at radius 2 is 1.82 bits per heavy atom. The van der Waals surface area contributed by atoms with E-state index in [4.69, 9.17) is 10.5 Å². The van der Waals surface area contributed by atoms with E-state index in [1.54, 1.807) is 32.9 Å². The highest BCUT2D eigenvalue weighted by molar-refractivity contribution is 5.68. The Morgan fingerprint density at radius 1 is 1.27 bits per heavy atom. The molecule has 0 saturated heterocycles. The summed E-state index contributed by atoms with van der Waals surface area (Å²) < 4.78 is 5.29. The van der Waals surface area contributed by atoms with E-state index < -0.39 is 23.3 Å². The third kappa shape index (κ3) is 4.71. The number of amides is 1. The lowest BCUT2D eigenvalue weighted by Crippen LogP contribution is -2.57. The van der Waals surface area contributed by atoms with Crippen LogP contribution in [0.15, 0.2) is 30.3 Å². The summed E-state index contributed by atoms with van der Waals surface area (Å²) in [5.74, 6) is -0.0266. The number of hydrogen-bond donors (Lipinski definition) is 3. The van der Waals surface area contributed by atoms with Crippen LogP contribution in [0.4, 0.5) is 4.79 Å². The Kier molecular flexibility index (Phi) is 5.97. The van der Waals surface area contributed by atoms with E-state index in [1.165, 1.54) is 0 Å². The van der Waals surface area contributed by atoms with Crippen molar-refractivity contribution in [1.29, 1.82) is 0 Å². The van der Waals surface area contributed by atoms with Crippen molar-refractivity contribution in [2.45, 2.75) is 51.9 Å². The third-order valence-electron chi connectivity index (χ3n) is 3.44. The number of alkyl carbamates (subject to hydrolysis) is 1. The molecule has 0 saturated carbocycles. The molecule has 1 aromatic carbocycles. The van der Waals surface area contributed by atoms with Gasteiger partial charge in [-0.1, -0.05) is 44.2 Å². The van der Waals surface area contributed by atoms with Crippen molar-refractivity contribution in [3.63, 3.8) is 0 Å². The van der Waals surface area contributed by atoms with Gasteiger partial charge in [-0.25, -0.2) is 4.79 Å². The molecule has 0 aliphatic carbocycles. The molecule has 5 nitrogen and oxygen atoms in total. The van der Waals surface area contributed by atoms with Gasteiger partial charge < -0.3 is 20.9 Å². The molecule has 1 aromatic rings. The van der Waals surface area contributed by atoms with Crippen LogP contribution in [0.2, 0.25) is 0 Å². The maximum Gasteiger partial charge on any atom is 0.407 e. The predicted octanol–water partition coefficient (Wildman–Crippen LogP) is 2.38. The molecular weight excluding hydrogens is 280 g/mol. The summed E-state index contributed by atoms with van der Waals surface area (Å²) in [6.07, 6.45) is -0.561. The Bertz CT molecular complexity index is 482. The van der Waals surface area contributed by atoms with Crippen LogP contribution in [-0.4, -0.2) is 29.4 Å². The maximum atomic E-state index is 12.1. The van der Waals surface area contributed by atoms with E-state index in [9.17, 15) is 9.90 Å². The molecule has 124 valence electrons. The van der Waals surface area contributed by atoms with E-state index >= 15 is 0 Å². The van der Waals surface area contributed by atoms with Gasteiger partial charge in [0, 0.05) is 6.54 Å². The van der Waals surface area contributed by atoms with Crippen LogP contribution in [0.5, 0.6) is 0 Å². The van der Waals surface area contributed by atoms with Gasteiger partial charge in [0.15, 0.2) is 0 Å². The first-order valence-electron chi connectivity index (χ1n) is 7.57. The van der Waals surface area contributed by atoms with E-state index in [1.807, 2.05) is 32.0 Å². The van der Waals surface area contributed by atoms with E-state index in [2.05, 4.69) is 5.32 Å². The fraction of sp³-hybridized carbons (Fsp3) is 0.588. The van der Waals surface area contributed by atoms with Crippen LogP contribution in [0, 0.1) is 5.92 Å². The number of benzene rings is 1. The molecule has 0 spiro atoms. The minimum absolute atomic E-state index is 0.00431. The lowest BCUT2D eigenvalue weighted by molar-refractivity contribution is -0.0186. The summed E-state index contributed by atoms with van der Waals surface area (Å²) >= 11 is 0. The van der Waals surface area contributed by atoms with Crippen molar-refractivity contribution in [3.05, 3.63) is 35.9 Å². The van der Waals surface area contributed by atoms with Crippen LogP contribution in [0.1, 0.15) is 40.2 Å². The Labute approximate surface area is 132 Å². The molecule has 0 aliphatic rings. The smallest absolute Gasteiger partial charge is 0.407 e. The van der Waals surface area contributed by atoms with Gasteiger partial charge in [0.25, 0.3) is 0 Å². The second-order valence-electron chi connectivity index (χ2n) is 6.86. The third-order valence-corrected chi connectivity index (χ3v) is 3.44. The summed E-state index contributed by atoms with van der Waals surface area (Å²) in [4.78, 5) is 12.1. The van der Waals surface area contributed by atoms with Gasteiger partial charge in [-0.2, -0.15) is 0 Å². The lowest BCUT2D eigenvalue weighted by Gasteiger charge is -2.39. The van der Waals surface area contributed by atoms with Crippen LogP contribution < -0.4 is 11.1 Å². The first kappa shape index (κ1) is 18.5. The Balaban J connectivity index is 3.05. The molecule has 1 rings (SSSR count). The number of nitrogens with one attached hydrogen (secondary N) is 1. The van der Waals surface area contributed by atoms with Crippen molar-refractivity contribution < 1.29 is 14.6 Å². The number of aliphatic hydroxyl groups is 1. The molecule has 5 heteroatoms. The zero-order valence-corrected chi connectivity index (χ0v) is 14.1. The molecule has 0 radical (unpaired) electrons.